The third-order valence-corrected chi connectivity index (χ3v) is 4.91. The molecule has 0 fully saturated rings. The minimum absolute atomic E-state index is 0.0743. The van der Waals surface area contributed by atoms with Crippen LogP contribution in [0.1, 0.15) is 49.9 Å². The molecule has 0 N–H and O–H groups in total. The first-order chi connectivity index (χ1) is 9.34. The molecule has 0 aliphatic heterocycles. The van der Waals surface area contributed by atoms with Crippen molar-refractivity contribution in [1.82, 2.24) is 0 Å². The first-order valence-corrected chi connectivity index (χ1v) is 7.55. The molecule has 2 aromatic rings. The van der Waals surface area contributed by atoms with Crippen molar-refractivity contribution in [3.05, 3.63) is 68.8 Å². The zero-order chi connectivity index (χ0) is 15.0. The number of hydrogen-bond donors (Lipinski definition) is 0. The summed E-state index contributed by atoms with van der Waals surface area (Å²) in [6.45, 7) is 13.0. The largest absolute Gasteiger partial charge is 0.113 e. The van der Waals surface area contributed by atoms with Crippen molar-refractivity contribution in [2.75, 3.05) is 0 Å². The normalized spacial score (nSPS) is 12.6. The Labute approximate surface area is 127 Å². The molecule has 0 nitrogen and oxygen atoms in total. The summed E-state index contributed by atoms with van der Waals surface area (Å²) in [5.41, 5.74) is 10.3. The van der Waals surface area contributed by atoms with Gasteiger partial charge in [-0.1, -0.05) is 24.3 Å². The second kappa shape index (κ2) is 5.61. The average Bonchev–Trinajstić information content (AvgIpc) is 2.36. The second-order valence-electron chi connectivity index (χ2n) is 5.84. The Morgan fingerprint density at radius 3 is 1.60 bits per heavy atom. The molecule has 0 saturated carbocycles. The molecule has 20 heavy (non-hydrogen) atoms. The van der Waals surface area contributed by atoms with Gasteiger partial charge < -0.3 is 0 Å². The highest BCUT2D eigenvalue weighted by Gasteiger charge is 2.21. The first kappa shape index (κ1) is 15.1. The van der Waals surface area contributed by atoms with Gasteiger partial charge in [-0.2, -0.15) is 0 Å². The lowest BCUT2D eigenvalue weighted by molar-refractivity contribution is 1.02. The van der Waals surface area contributed by atoms with Crippen LogP contribution in [0, 0.1) is 41.5 Å². The summed E-state index contributed by atoms with van der Waals surface area (Å²) in [4.78, 5) is 0. The molecule has 0 amide bonds. The molecule has 0 radical (unpaired) electrons. The maximum absolute atomic E-state index is 6.90. The molecule has 0 saturated heterocycles. The lowest BCUT2D eigenvalue weighted by Crippen LogP contribution is -2.06. The number of halogens is 1. The van der Waals surface area contributed by atoms with Crippen LogP contribution in [0.25, 0.3) is 0 Å². The fraction of sp³-hybridized carbons (Fsp3) is 0.368. The van der Waals surface area contributed by atoms with Crippen molar-refractivity contribution < 1.29 is 0 Å². The maximum Gasteiger partial charge on any atom is 0.0845 e. The maximum atomic E-state index is 6.90. The van der Waals surface area contributed by atoms with Crippen LogP contribution in [0.2, 0.25) is 0 Å². The third-order valence-electron chi connectivity index (χ3n) is 4.47. The summed E-state index contributed by atoms with van der Waals surface area (Å²) in [6.07, 6.45) is 0. The van der Waals surface area contributed by atoms with Crippen LogP contribution >= 0.6 is 11.6 Å². The average molecular weight is 287 g/mol. The van der Waals surface area contributed by atoms with E-state index < -0.39 is 0 Å². The van der Waals surface area contributed by atoms with E-state index in [0.29, 0.717) is 0 Å². The Kier molecular flexibility index (Phi) is 4.25. The lowest BCUT2D eigenvalue weighted by atomic mass is 9.87. The van der Waals surface area contributed by atoms with Crippen LogP contribution in [-0.2, 0) is 0 Å². The summed E-state index contributed by atoms with van der Waals surface area (Å²) in [5, 5.41) is -0.0743. The second-order valence-corrected chi connectivity index (χ2v) is 6.28. The highest BCUT2D eigenvalue weighted by Crippen LogP contribution is 2.38. The molecule has 0 spiro atoms. The summed E-state index contributed by atoms with van der Waals surface area (Å²) >= 11 is 6.90. The molecular weight excluding hydrogens is 264 g/mol. The van der Waals surface area contributed by atoms with E-state index in [1.54, 1.807) is 0 Å². The Balaban J connectivity index is 2.69. The van der Waals surface area contributed by atoms with Crippen molar-refractivity contribution in [1.29, 1.82) is 0 Å². The molecule has 2 aromatic carbocycles. The van der Waals surface area contributed by atoms with E-state index in [2.05, 4.69) is 65.8 Å². The van der Waals surface area contributed by atoms with E-state index in [-0.39, 0.29) is 5.38 Å². The molecule has 0 bridgehead atoms. The van der Waals surface area contributed by atoms with Gasteiger partial charge in [-0.25, -0.2) is 0 Å². The first-order valence-electron chi connectivity index (χ1n) is 7.12. The monoisotopic (exact) mass is 286 g/mol. The molecule has 106 valence electrons. The molecule has 1 unspecified atom stereocenters. The van der Waals surface area contributed by atoms with Crippen LogP contribution < -0.4 is 0 Å². The van der Waals surface area contributed by atoms with Gasteiger partial charge >= 0.3 is 0 Å². The fourth-order valence-electron chi connectivity index (χ4n) is 3.00. The van der Waals surface area contributed by atoms with E-state index in [1.807, 2.05) is 0 Å². The molecule has 0 aliphatic carbocycles. The van der Waals surface area contributed by atoms with Crippen molar-refractivity contribution in [2.24, 2.45) is 0 Å². The van der Waals surface area contributed by atoms with Crippen LogP contribution in [0.3, 0.4) is 0 Å². The van der Waals surface area contributed by atoms with Gasteiger partial charge in [0.25, 0.3) is 0 Å². The Morgan fingerprint density at radius 1 is 0.700 bits per heavy atom. The van der Waals surface area contributed by atoms with E-state index in [9.17, 15) is 0 Å². The highest BCUT2D eigenvalue weighted by molar-refractivity contribution is 6.23. The number of aryl methyl sites for hydroxylation is 4. The van der Waals surface area contributed by atoms with Crippen LogP contribution in [0.15, 0.2) is 24.3 Å². The van der Waals surface area contributed by atoms with Gasteiger partial charge in [0.2, 0.25) is 0 Å². The summed E-state index contributed by atoms with van der Waals surface area (Å²) in [7, 11) is 0. The smallest absolute Gasteiger partial charge is 0.0845 e. The highest BCUT2D eigenvalue weighted by atomic mass is 35.5. The van der Waals surface area contributed by atoms with Gasteiger partial charge in [-0.05, 0) is 86.1 Å². The topological polar surface area (TPSA) is 0 Å². The predicted molar refractivity (Wildman–Crippen MR) is 89.0 cm³/mol. The minimum atomic E-state index is -0.0743. The van der Waals surface area contributed by atoms with Gasteiger partial charge in [0, 0.05) is 0 Å². The van der Waals surface area contributed by atoms with Crippen LogP contribution in [0.4, 0.5) is 0 Å². The predicted octanol–water partition coefficient (Wildman–Crippen LogP) is 5.87. The van der Waals surface area contributed by atoms with Gasteiger partial charge in [0.05, 0.1) is 5.38 Å². The Morgan fingerprint density at radius 2 is 1.15 bits per heavy atom. The van der Waals surface area contributed by atoms with E-state index in [0.717, 1.165) is 0 Å². The van der Waals surface area contributed by atoms with Gasteiger partial charge in [0.1, 0.15) is 0 Å². The standard InChI is InChI=1S/C19H23Cl/c1-11-8-7-9-12(2)17(11)19(20)18-15(5)13(3)10-14(4)16(18)6/h7-10,19H,1-6H3. The molecular formula is C19H23Cl. The van der Waals surface area contributed by atoms with Gasteiger partial charge in [0.15, 0.2) is 0 Å². The van der Waals surface area contributed by atoms with Crippen molar-refractivity contribution in [3.63, 3.8) is 0 Å². The van der Waals surface area contributed by atoms with Crippen LogP contribution in [0.5, 0.6) is 0 Å². The molecule has 0 aromatic heterocycles. The Hall–Kier alpha value is -1.27. The third kappa shape index (κ3) is 2.50. The minimum Gasteiger partial charge on any atom is -0.113 e. The molecule has 1 atom stereocenters. The zero-order valence-electron chi connectivity index (χ0n) is 13.3. The van der Waals surface area contributed by atoms with E-state index in [1.165, 1.54) is 44.5 Å². The quantitative estimate of drug-likeness (QED) is 0.606. The summed E-state index contributed by atoms with van der Waals surface area (Å²) in [5.74, 6) is 0. The zero-order valence-corrected chi connectivity index (χ0v) is 14.0. The lowest BCUT2D eigenvalue weighted by Gasteiger charge is -2.22. The van der Waals surface area contributed by atoms with Crippen molar-refractivity contribution in [2.45, 2.75) is 46.9 Å². The Bertz CT molecular complexity index is 607. The van der Waals surface area contributed by atoms with Gasteiger partial charge in [-0.15, -0.1) is 11.6 Å². The summed E-state index contributed by atoms with van der Waals surface area (Å²) in [6, 6.07) is 8.64. The molecule has 2 rings (SSSR count). The number of rotatable bonds is 2. The number of alkyl halides is 1. The molecule has 1 heteroatoms. The molecule has 0 heterocycles. The molecule has 0 aliphatic rings. The van der Waals surface area contributed by atoms with E-state index >= 15 is 0 Å². The van der Waals surface area contributed by atoms with Gasteiger partial charge in [-0.3, -0.25) is 0 Å². The fourth-order valence-corrected chi connectivity index (χ4v) is 3.67. The SMILES string of the molecule is Cc1cc(C)c(C)c(C(Cl)c2c(C)cccc2C)c1C. The van der Waals surface area contributed by atoms with Crippen molar-refractivity contribution >= 4 is 11.6 Å². The summed E-state index contributed by atoms with van der Waals surface area (Å²) < 4.78 is 0. The van der Waals surface area contributed by atoms with Crippen LogP contribution in [-0.4, -0.2) is 0 Å². The number of hydrogen-bond acceptors (Lipinski definition) is 0. The van der Waals surface area contributed by atoms with E-state index in [4.69, 9.17) is 11.6 Å². The van der Waals surface area contributed by atoms with Crippen molar-refractivity contribution in [3.8, 4) is 0 Å². The number of benzene rings is 2.